The van der Waals surface area contributed by atoms with Gasteiger partial charge in [-0.15, -0.1) is 0 Å². The number of sulfonamides is 1. The van der Waals surface area contributed by atoms with E-state index in [1.54, 1.807) is 42.5 Å². The molecule has 0 spiro atoms. The van der Waals surface area contributed by atoms with Gasteiger partial charge in [-0.2, -0.15) is 0 Å². The molecule has 230 valence electrons. The third-order valence-corrected chi connectivity index (χ3v) is 9.73. The molecule has 0 aliphatic rings. The van der Waals surface area contributed by atoms with Crippen LogP contribution in [0.2, 0.25) is 0 Å². The Morgan fingerprint density at radius 2 is 1.48 bits per heavy atom. The van der Waals surface area contributed by atoms with Crippen LogP contribution in [0.1, 0.15) is 37.0 Å². The van der Waals surface area contributed by atoms with Crippen molar-refractivity contribution in [2.24, 2.45) is 0 Å². The molecule has 44 heavy (non-hydrogen) atoms. The second kappa shape index (κ2) is 15.2. The van der Waals surface area contributed by atoms with Crippen molar-refractivity contribution in [3.63, 3.8) is 0 Å². The molecule has 0 saturated heterocycles. The van der Waals surface area contributed by atoms with E-state index >= 15 is 0 Å². The summed E-state index contributed by atoms with van der Waals surface area (Å²) in [7, 11) is -4.14. The maximum absolute atomic E-state index is 14.5. The summed E-state index contributed by atoms with van der Waals surface area (Å²) in [4.78, 5) is 29.9. The number of amides is 2. The highest BCUT2D eigenvalue weighted by molar-refractivity contribution is 9.10. The monoisotopic (exact) mass is 675 g/mol. The average Bonchev–Trinajstić information content (AvgIpc) is 3.03. The van der Waals surface area contributed by atoms with Gasteiger partial charge in [-0.3, -0.25) is 13.9 Å². The minimum absolute atomic E-state index is 0.0632. The zero-order chi connectivity index (χ0) is 31.7. The molecule has 4 aromatic rings. The van der Waals surface area contributed by atoms with Crippen molar-refractivity contribution < 1.29 is 18.0 Å². The number of nitrogens with one attached hydrogen (secondary N) is 1. The number of rotatable bonds is 13. The lowest BCUT2D eigenvalue weighted by Crippen LogP contribution is -2.54. The van der Waals surface area contributed by atoms with Crippen LogP contribution in [0.5, 0.6) is 0 Å². The summed E-state index contributed by atoms with van der Waals surface area (Å²) in [6, 6.07) is 31.2. The van der Waals surface area contributed by atoms with Crippen molar-refractivity contribution in [1.82, 2.24) is 10.2 Å². The zero-order valence-electron chi connectivity index (χ0n) is 25.2. The molecular weight excluding hydrogens is 638 g/mol. The highest BCUT2D eigenvalue weighted by atomic mass is 79.9. The molecule has 9 heteroatoms. The number of hydrogen-bond acceptors (Lipinski definition) is 4. The molecule has 0 aromatic heterocycles. The van der Waals surface area contributed by atoms with Crippen molar-refractivity contribution in [3.05, 3.63) is 130 Å². The van der Waals surface area contributed by atoms with E-state index in [2.05, 4.69) is 21.2 Å². The summed E-state index contributed by atoms with van der Waals surface area (Å²) in [5, 5.41) is 3.06. The minimum atomic E-state index is -4.14. The van der Waals surface area contributed by atoms with Gasteiger partial charge in [0.15, 0.2) is 0 Å². The van der Waals surface area contributed by atoms with Gasteiger partial charge in [0.2, 0.25) is 11.8 Å². The number of halogens is 1. The average molecular weight is 677 g/mol. The van der Waals surface area contributed by atoms with E-state index in [4.69, 9.17) is 0 Å². The molecule has 2 amide bonds. The fraction of sp³-hybridized carbons (Fsp3) is 0.257. The van der Waals surface area contributed by atoms with Crippen molar-refractivity contribution in [3.8, 4) is 0 Å². The number of carbonyl (C=O) groups excluding carboxylic acids is 2. The van der Waals surface area contributed by atoms with Gasteiger partial charge in [0, 0.05) is 23.5 Å². The largest absolute Gasteiger partial charge is 0.352 e. The molecule has 0 bridgehead atoms. The van der Waals surface area contributed by atoms with Crippen LogP contribution in [-0.4, -0.2) is 43.8 Å². The summed E-state index contributed by atoms with van der Waals surface area (Å²) in [5.74, 6) is -0.783. The highest BCUT2D eigenvalue weighted by Crippen LogP contribution is 2.27. The number of carbonyl (C=O) groups is 2. The normalized spacial score (nSPS) is 12.6. The predicted molar refractivity (Wildman–Crippen MR) is 179 cm³/mol. The number of anilines is 1. The third-order valence-electron chi connectivity index (χ3n) is 7.45. The summed E-state index contributed by atoms with van der Waals surface area (Å²) < 4.78 is 29.9. The van der Waals surface area contributed by atoms with Gasteiger partial charge >= 0.3 is 0 Å². The van der Waals surface area contributed by atoms with Crippen LogP contribution in [0.4, 0.5) is 5.69 Å². The van der Waals surface area contributed by atoms with E-state index in [1.165, 1.54) is 17.0 Å². The molecule has 4 rings (SSSR count). The van der Waals surface area contributed by atoms with Gasteiger partial charge in [-0.1, -0.05) is 107 Å². The molecule has 0 aliphatic heterocycles. The van der Waals surface area contributed by atoms with Gasteiger partial charge in [-0.25, -0.2) is 8.42 Å². The molecule has 0 fully saturated rings. The van der Waals surface area contributed by atoms with Crippen LogP contribution in [0.3, 0.4) is 0 Å². The third kappa shape index (κ3) is 8.57. The van der Waals surface area contributed by atoms with Crippen LogP contribution in [0.15, 0.2) is 119 Å². The van der Waals surface area contributed by atoms with Crippen molar-refractivity contribution >= 4 is 43.5 Å². The molecule has 7 nitrogen and oxygen atoms in total. The van der Waals surface area contributed by atoms with Crippen LogP contribution in [0, 0.1) is 6.92 Å². The first-order chi connectivity index (χ1) is 21.1. The lowest BCUT2D eigenvalue weighted by Gasteiger charge is -2.34. The second-order valence-electron chi connectivity index (χ2n) is 10.8. The molecular formula is C35H38BrN3O4S. The Morgan fingerprint density at radius 1 is 0.841 bits per heavy atom. The van der Waals surface area contributed by atoms with Gasteiger partial charge < -0.3 is 10.2 Å². The Bertz CT molecular complexity index is 1650. The van der Waals surface area contributed by atoms with Crippen LogP contribution < -0.4 is 9.62 Å². The van der Waals surface area contributed by atoms with Crippen LogP contribution >= 0.6 is 15.9 Å². The first-order valence-electron chi connectivity index (χ1n) is 14.6. The van der Waals surface area contributed by atoms with E-state index in [-0.39, 0.29) is 29.8 Å². The lowest BCUT2D eigenvalue weighted by atomic mass is 10.0. The lowest BCUT2D eigenvalue weighted by molar-refractivity contribution is -0.140. The minimum Gasteiger partial charge on any atom is -0.352 e. The number of benzene rings is 4. The standard InChI is InChI=1S/C35H38BrN3O4S/c1-4-27(3)37-35(41)33(22-28-12-7-5-8-13-28)38(24-29-20-18-26(2)19-21-29)34(40)25-39(31-15-11-14-30(36)23-31)44(42,43)32-16-9-6-10-17-32/h5-21,23,27,33H,4,22,24-25H2,1-3H3,(H,37,41)/t27-,33-/m0/s1. The highest BCUT2D eigenvalue weighted by Gasteiger charge is 2.35. The van der Waals surface area contributed by atoms with Crippen molar-refractivity contribution in [2.45, 2.75) is 57.1 Å². The Labute approximate surface area is 269 Å². The second-order valence-corrected chi connectivity index (χ2v) is 13.6. The zero-order valence-corrected chi connectivity index (χ0v) is 27.6. The van der Waals surface area contributed by atoms with E-state index in [1.807, 2.05) is 75.4 Å². The summed E-state index contributed by atoms with van der Waals surface area (Å²) in [6.45, 7) is 5.51. The van der Waals surface area contributed by atoms with E-state index < -0.39 is 28.5 Å². The van der Waals surface area contributed by atoms with Crippen molar-refractivity contribution in [1.29, 1.82) is 0 Å². The Kier molecular flexibility index (Phi) is 11.4. The number of aryl methyl sites for hydroxylation is 1. The van der Waals surface area contributed by atoms with Gasteiger partial charge in [0.1, 0.15) is 12.6 Å². The molecule has 1 N–H and O–H groups in total. The van der Waals surface area contributed by atoms with Gasteiger partial charge in [-0.05, 0) is 61.7 Å². The maximum atomic E-state index is 14.5. The van der Waals surface area contributed by atoms with E-state index in [0.29, 0.717) is 10.2 Å². The van der Waals surface area contributed by atoms with E-state index in [9.17, 15) is 18.0 Å². The Balaban J connectivity index is 1.80. The van der Waals surface area contributed by atoms with Gasteiger partial charge in [0.25, 0.3) is 10.0 Å². The van der Waals surface area contributed by atoms with Crippen LogP contribution in [-0.2, 0) is 32.6 Å². The molecule has 0 aliphatic carbocycles. The summed E-state index contributed by atoms with van der Waals surface area (Å²) in [5.41, 5.74) is 3.12. The Hall–Kier alpha value is -3.95. The molecule has 0 heterocycles. The first-order valence-corrected chi connectivity index (χ1v) is 16.8. The number of hydrogen-bond donors (Lipinski definition) is 1. The first kappa shape index (κ1) is 33.0. The van der Waals surface area contributed by atoms with E-state index in [0.717, 1.165) is 27.4 Å². The topological polar surface area (TPSA) is 86.8 Å². The van der Waals surface area contributed by atoms with Crippen LogP contribution in [0.25, 0.3) is 0 Å². The molecule has 0 saturated carbocycles. The van der Waals surface area contributed by atoms with Gasteiger partial charge in [0.05, 0.1) is 10.6 Å². The number of nitrogens with zero attached hydrogens (tertiary/aromatic N) is 2. The predicted octanol–water partition coefficient (Wildman–Crippen LogP) is 6.51. The summed E-state index contributed by atoms with van der Waals surface area (Å²) in [6.07, 6.45) is 0.991. The molecule has 4 aromatic carbocycles. The Morgan fingerprint density at radius 3 is 2.09 bits per heavy atom. The fourth-order valence-electron chi connectivity index (χ4n) is 4.76. The van der Waals surface area contributed by atoms with Crippen molar-refractivity contribution in [2.75, 3.05) is 10.8 Å². The molecule has 0 radical (unpaired) electrons. The SMILES string of the molecule is CC[C@H](C)NC(=O)[C@H](Cc1ccccc1)N(Cc1ccc(C)cc1)C(=O)CN(c1cccc(Br)c1)S(=O)(=O)c1ccccc1. The summed E-state index contributed by atoms with van der Waals surface area (Å²) >= 11 is 3.44. The molecule has 0 unspecified atom stereocenters. The quantitative estimate of drug-likeness (QED) is 0.175. The molecule has 2 atom stereocenters. The smallest absolute Gasteiger partial charge is 0.264 e. The fourth-order valence-corrected chi connectivity index (χ4v) is 6.58. The maximum Gasteiger partial charge on any atom is 0.264 e.